The highest BCUT2D eigenvalue weighted by Gasteiger charge is 2.32. The van der Waals surface area contributed by atoms with Gasteiger partial charge in [-0.1, -0.05) is 32.1 Å². The number of unbranched alkanes of at least 4 members (excludes halogenated alkanes) is 3. The van der Waals surface area contributed by atoms with E-state index in [1.807, 2.05) is 0 Å². The van der Waals surface area contributed by atoms with E-state index < -0.39 is 35.4 Å². The molecule has 9 heteroatoms. The average molecular weight is 538 g/mol. The van der Waals surface area contributed by atoms with E-state index in [0.29, 0.717) is 51.6 Å². The number of hydrogen-bond acceptors (Lipinski definition) is 8. The van der Waals surface area contributed by atoms with Gasteiger partial charge in [-0.15, -0.1) is 11.8 Å². The molecule has 0 aromatic rings. The van der Waals surface area contributed by atoms with Crippen LogP contribution in [-0.2, 0) is 33.4 Å². The molecule has 0 bridgehead atoms. The Morgan fingerprint density at radius 3 is 2.16 bits per heavy atom. The molecule has 2 unspecified atom stereocenters. The third-order valence-electron chi connectivity index (χ3n) is 6.61. The van der Waals surface area contributed by atoms with E-state index in [9.17, 15) is 24.3 Å². The van der Waals surface area contributed by atoms with Crippen molar-refractivity contribution in [2.24, 2.45) is 5.92 Å². The highest BCUT2D eigenvalue weighted by molar-refractivity contribution is 5.99. The van der Waals surface area contributed by atoms with E-state index >= 15 is 0 Å². The topological polar surface area (TPSA) is 128 Å². The average Bonchev–Trinajstić information content (AvgIpc) is 2.88. The monoisotopic (exact) mass is 537 g/mol. The molecule has 0 radical (unpaired) electrons. The van der Waals surface area contributed by atoms with Crippen molar-refractivity contribution in [3.63, 3.8) is 0 Å². The summed E-state index contributed by atoms with van der Waals surface area (Å²) in [5, 5.41) is 13.4. The Kier molecular flexibility index (Phi) is 17.1. The number of esters is 3. The lowest BCUT2D eigenvalue weighted by molar-refractivity contribution is -0.155. The number of hydrogen-bond donors (Lipinski definition) is 2. The van der Waals surface area contributed by atoms with Crippen LogP contribution in [0.4, 0.5) is 0 Å². The molecule has 1 amide bonds. The molecule has 216 valence electrons. The lowest BCUT2D eigenvalue weighted by Gasteiger charge is -2.32. The van der Waals surface area contributed by atoms with Gasteiger partial charge in [0, 0.05) is 19.3 Å². The zero-order valence-electron chi connectivity index (χ0n) is 23.5. The van der Waals surface area contributed by atoms with Crippen LogP contribution >= 0.6 is 0 Å². The second-order valence-electron chi connectivity index (χ2n) is 9.72. The zero-order valence-corrected chi connectivity index (χ0v) is 23.5. The fraction of sp³-hybridized carbons (Fsp3) is 0.793. The molecule has 1 rings (SSSR count). The van der Waals surface area contributed by atoms with Gasteiger partial charge in [-0.25, -0.2) is 4.79 Å². The smallest absolute Gasteiger partial charge is 0.329 e. The molecule has 1 fully saturated rings. The van der Waals surface area contributed by atoms with Crippen LogP contribution in [0.5, 0.6) is 0 Å². The summed E-state index contributed by atoms with van der Waals surface area (Å²) >= 11 is 0. The van der Waals surface area contributed by atoms with Gasteiger partial charge in [0.15, 0.2) is 0 Å². The lowest BCUT2D eigenvalue weighted by atomic mass is 9.81. The summed E-state index contributed by atoms with van der Waals surface area (Å²) in [6, 6.07) is -1.01. The van der Waals surface area contributed by atoms with Crippen LogP contribution in [0.2, 0.25) is 0 Å². The summed E-state index contributed by atoms with van der Waals surface area (Å²) in [5.41, 5.74) is -0.646. The summed E-state index contributed by atoms with van der Waals surface area (Å²) in [7, 11) is 0. The van der Waals surface area contributed by atoms with Crippen molar-refractivity contribution in [3.05, 3.63) is 0 Å². The molecule has 9 nitrogen and oxygen atoms in total. The van der Waals surface area contributed by atoms with E-state index in [4.69, 9.17) is 14.2 Å². The second kappa shape index (κ2) is 19.5. The highest BCUT2D eigenvalue weighted by Crippen LogP contribution is 2.32. The molecule has 1 aliphatic carbocycles. The summed E-state index contributed by atoms with van der Waals surface area (Å²) < 4.78 is 15.1. The number of carbonyl (C=O) groups excluding carboxylic acids is 4. The van der Waals surface area contributed by atoms with E-state index in [1.165, 1.54) is 0 Å². The van der Waals surface area contributed by atoms with Gasteiger partial charge in [0.2, 0.25) is 5.91 Å². The first-order valence-electron chi connectivity index (χ1n) is 14.2. The number of nitrogens with one attached hydrogen (secondary N) is 1. The van der Waals surface area contributed by atoms with Crippen molar-refractivity contribution >= 4 is 23.8 Å². The zero-order chi connectivity index (χ0) is 28.2. The maximum atomic E-state index is 13.1. The van der Waals surface area contributed by atoms with Crippen molar-refractivity contribution < 1.29 is 38.5 Å². The van der Waals surface area contributed by atoms with Crippen LogP contribution in [0.3, 0.4) is 0 Å². The summed E-state index contributed by atoms with van der Waals surface area (Å²) in [6.07, 6.45) is 9.26. The van der Waals surface area contributed by atoms with Crippen molar-refractivity contribution in [2.45, 2.75) is 122 Å². The minimum absolute atomic E-state index is 0.0467. The quantitative estimate of drug-likeness (QED) is 0.0937. The van der Waals surface area contributed by atoms with E-state index in [0.717, 1.165) is 32.1 Å². The van der Waals surface area contributed by atoms with E-state index in [-0.39, 0.29) is 32.0 Å². The Bertz CT molecular complexity index is 794. The third-order valence-corrected chi connectivity index (χ3v) is 6.61. The Hall–Kier alpha value is -2.60. The Balaban J connectivity index is 2.66. The van der Waals surface area contributed by atoms with Crippen LogP contribution < -0.4 is 5.32 Å². The summed E-state index contributed by atoms with van der Waals surface area (Å²) in [4.78, 5) is 49.5. The molecule has 0 aliphatic heterocycles. The molecule has 0 aromatic carbocycles. The first kappa shape index (κ1) is 33.4. The molecule has 0 heterocycles. The number of rotatable bonds is 17. The fourth-order valence-corrected chi connectivity index (χ4v) is 4.55. The minimum atomic E-state index is -1.05. The predicted octanol–water partition coefficient (Wildman–Crippen LogP) is 3.99. The molecule has 2 atom stereocenters. The van der Waals surface area contributed by atoms with Gasteiger partial charge in [-0.2, -0.15) is 0 Å². The second-order valence-corrected chi connectivity index (χ2v) is 9.72. The molecule has 0 spiro atoms. The fourth-order valence-electron chi connectivity index (χ4n) is 4.55. The van der Waals surface area contributed by atoms with Crippen LogP contribution in [0.25, 0.3) is 0 Å². The molecular weight excluding hydrogens is 490 g/mol. The van der Waals surface area contributed by atoms with Crippen LogP contribution in [0, 0.1) is 17.8 Å². The highest BCUT2D eigenvalue weighted by atomic mass is 16.5. The van der Waals surface area contributed by atoms with Crippen molar-refractivity contribution in [2.75, 3.05) is 19.8 Å². The number of amides is 1. The standard InChI is InChI=1S/C29H47NO8/c1-4-36-25(31)19-12-9-7-8-11-18-24(28(34)38-6-3)30-26(32)23(27(33)37-5-2)17-13-16-22-29(35)20-14-10-15-21-29/h23-24,35H,4-7,9-10,12-22H2,1-3H3,(H,30,32). The van der Waals surface area contributed by atoms with Crippen molar-refractivity contribution in [1.29, 1.82) is 0 Å². The normalized spacial score (nSPS) is 15.8. The molecule has 1 aliphatic rings. The number of ether oxygens (including phenoxy) is 3. The van der Waals surface area contributed by atoms with Gasteiger partial charge in [-0.05, 0) is 59.3 Å². The molecular formula is C29H47NO8. The number of aliphatic hydroxyl groups is 1. The molecule has 2 N–H and O–H groups in total. The number of carbonyl (C=O) groups is 4. The maximum Gasteiger partial charge on any atom is 0.329 e. The van der Waals surface area contributed by atoms with Crippen molar-refractivity contribution in [1.82, 2.24) is 5.32 Å². The van der Waals surface area contributed by atoms with Crippen molar-refractivity contribution in [3.8, 4) is 11.8 Å². The van der Waals surface area contributed by atoms with Crippen LogP contribution in [0.1, 0.15) is 111 Å². The van der Waals surface area contributed by atoms with E-state index in [2.05, 4.69) is 17.2 Å². The summed E-state index contributed by atoms with van der Waals surface area (Å²) in [6.45, 7) is 5.77. The first-order valence-corrected chi connectivity index (χ1v) is 14.2. The minimum Gasteiger partial charge on any atom is -0.466 e. The van der Waals surface area contributed by atoms with Crippen LogP contribution in [-0.4, -0.2) is 60.4 Å². The lowest BCUT2D eigenvalue weighted by Crippen LogP contribution is -2.46. The van der Waals surface area contributed by atoms with Gasteiger partial charge in [0.25, 0.3) is 0 Å². The van der Waals surface area contributed by atoms with Crippen LogP contribution in [0.15, 0.2) is 0 Å². The van der Waals surface area contributed by atoms with Gasteiger partial charge in [0.05, 0.1) is 25.4 Å². The van der Waals surface area contributed by atoms with E-state index in [1.54, 1.807) is 20.8 Å². The van der Waals surface area contributed by atoms with Gasteiger partial charge >= 0.3 is 17.9 Å². The maximum absolute atomic E-state index is 13.1. The Labute approximate surface area is 227 Å². The Morgan fingerprint density at radius 2 is 1.50 bits per heavy atom. The molecule has 38 heavy (non-hydrogen) atoms. The van der Waals surface area contributed by atoms with Gasteiger partial charge in [-0.3, -0.25) is 14.4 Å². The van der Waals surface area contributed by atoms with Gasteiger partial charge in [0.1, 0.15) is 12.0 Å². The molecule has 0 aromatic heterocycles. The summed E-state index contributed by atoms with van der Waals surface area (Å²) in [5.74, 6) is 2.76. The SMILES string of the molecule is CCOC(=O)CCCCC#CCC(NC(=O)C(CCCCC1(O)CCCCC1)C(=O)OCC)C(=O)OCC. The largest absolute Gasteiger partial charge is 0.466 e. The third kappa shape index (κ3) is 13.8. The van der Waals surface area contributed by atoms with Gasteiger partial charge < -0.3 is 24.6 Å². The predicted molar refractivity (Wildman–Crippen MR) is 143 cm³/mol. The molecule has 1 saturated carbocycles. The first-order chi connectivity index (χ1) is 18.3. The Morgan fingerprint density at radius 1 is 0.842 bits per heavy atom. The molecule has 0 saturated heterocycles.